The highest BCUT2D eigenvalue weighted by atomic mass is 16.5. The molecule has 0 fully saturated rings. The number of nitrogens with zero attached hydrogens (tertiary/aromatic N) is 1. The minimum Gasteiger partial charge on any atom is -0.491 e. The van der Waals surface area contributed by atoms with Gasteiger partial charge in [0.2, 0.25) is 0 Å². The Morgan fingerprint density at radius 3 is 2.61 bits per heavy atom. The molecule has 0 heterocycles. The molecule has 0 spiro atoms. The highest BCUT2D eigenvalue weighted by Crippen LogP contribution is 2.19. The van der Waals surface area contributed by atoms with Crippen LogP contribution in [0.3, 0.4) is 0 Å². The van der Waals surface area contributed by atoms with Gasteiger partial charge in [0.25, 0.3) is 0 Å². The molecule has 0 amide bonds. The molecule has 0 aliphatic carbocycles. The monoisotopic (exact) mass is 246 g/mol. The van der Waals surface area contributed by atoms with Crippen molar-refractivity contribution in [1.82, 2.24) is 5.32 Å². The Kier molecular flexibility index (Phi) is 5.18. The lowest BCUT2D eigenvalue weighted by atomic mass is 9.96. The third kappa shape index (κ3) is 4.77. The van der Waals surface area contributed by atoms with Gasteiger partial charge in [-0.05, 0) is 33.8 Å². The Balaban J connectivity index is 2.60. The normalized spacial score (nSPS) is 11.3. The zero-order valence-corrected chi connectivity index (χ0v) is 11.7. The second kappa shape index (κ2) is 6.42. The van der Waals surface area contributed by atoms with E-state index in [1.807, 2.05) is 52.0 Å². The fourth-order valence-corrected chi connectivity index (χ4v) is 1.57. The number of ether oxygens (including phenoxy) is 1. The minimum atomic E-state index is -0.339. The first-order valence-corrected chi connectivity index (χ1v) is 6.31. The van der Waals surface area contributed by atoms with Crippen molar-refractivity contribution in [2.24, 2.45) is 5.41 Å². The fraction of sp³-hybridized carbons (Fsp3) is 0.533. The number of benzene rings is 1. The van der Waals surface area contributed by atoms with Gasteiger partial charge in [-0.3, -0.25) is 0 Å². The smallest absolute Gasteiger partial charge is 0.124 e. The van der Waals surface area contributed by atoms with Crippen molar-refractivity contribution >= 4 is 0 Å². The summed E-state index contributed by atoms with van der Waals surface area (Å²) in [5.74, 6) is 0.912. The molecule has 1 aromatic rings. The Labute approximate surface area is 110 Å². The Bertz CT molecular complexity index is 419. The number of para-hydroxylation sites is 1. The van der Waals surface area contributed by atoms with E-state index in [2.05, 4.69) is 11.4 Å². The molecule has 98 valence electrons. The Hall–Kier alpha value is -1.53. The molecule has 1 rings (SSSR count). The van der Waals surface area contributed by atoms with E-state index in [1.165, 1.54) is 0 Å². The second-order valence-electron chi connectivity index (χ2n) is 5.37. The van der Waals surface area contributed by atoms with E-state index < -0.39 is 0 Å². The summed E-state index contributed by atoms with van der Waals surface area (Å²) in [6.45, 7) is 9.27. The maximum Gasteiger partial charge on any atom is 0.124 e. The molecule has 0 unspecified atom stereocenters. The predicted molar refractivity (Wildman–Crippen MR) is 73.3 cm³/mol. The van der Waals surface area contributed by atoms with Gasteiger partial charge in [-0.2, -0.15) is 5.26 Å². The summed E-state index contributed by atoms with van der Waals surface area (Å²) in [4.78, 5) is 0. The molecule has 3 nitrogen and oxygen atoms in total. The molecule has 0 saturated heterocycles. The van der Waals surface area contributed by atoms with E-state index in [1.54, 1.807) is 0 Å². The summed E-state index contributed by atoms with van der Waals surface area (Å²) < 4.78 is 5.75. The lowest BCUT2D eigenvalue weighted by molar-refractivity contribution is 0.239. The molecule has 0 bridgehead atoms. The lowest BCUT2D eigenvalue weighted by Gasteiger charge is -2.18. The molecule has 3 heteroatoms. The van der Waals surface area contributed by atoms with Crippen LogP contribution in [0.1, 0.15) is 33.3 Å². The summed E-state index contributed by atoms with van der Waals surface area (Å²) in [6.07, 6.45) is 0.168. The van der Waals surface area contributed by atoms with Crippen LogP contribution in [0.5, 0.6) is 5.75 Å². The first kappa shape index (κ1) is 14.5. The first-order chi connectivity index (χ1) is 8.44. The summed E-state index contributed by atoms with van der Waals surface area (Å²) >= 11 is 0. The van der Waals surface area contributed by atoms with Crippen LogP contribution < -0.4 is 10.1 Å². The van der Waals surface area contributed by atoms with E-state index in [9.17, 15) is 0 Å². The molecule has 0 aliphatic heterocycles. The van der Waals surface area contributed by atoms with Crippen molar-refractivity contribution < 1.29 is 4.74 Å². The van der Waals surface area contributed by atoms with Crippen molar-refractivity contribution in [2.75, 3.05) is 6.54 Å². The maximum atomic E-state index is 8.95. The molecule has 1 aromatic carbocycles. The number of rotatable bonds is 6. The Morgan fingerprint density at radius 1 is 1.33 bits per heavy atom. The zero-order valence-electron chi connectivity index (χ0n) is 11.7. The largest absolute Gasteiger partial charge is 0.491 e. The standard InChI is InChI=1S/C15H22N2O/c1-12(2)18-14-8-6-5-7-13(14)9-17-11-15(3,4)10-16/h5-8,12,17H,9,11H2,1-4H3. The third-order valence-corrected chi connectivity index (χ3v) is 2.52. The third-order valence-electron chi connectivity index (χ3n) is 2.52. The number of nitrogens with one attached hydrogen (secondary N) is 1. The van der Waals surface area contributed by atoms with E-state index in [4.69, 9.17) is 10.00 Å². The van der Waals surface area contributed by atoms with Crippen molar-refractivity contribution in [3.63, 3.8) is 0 Å². The quantitative estimate of drug-likeness (QED) is 0.838. The van der Waals surface area contributed by atoms with E-state index in [-0.39, 0.29) is 11.5 Å². The molecular weight excluding hydrogens is 224 g/mol. The molecule has 0 atom stereocenters. The highest BCUT2D eigenvalue weighted by molar-refractivity contribution is 5.33. The van der Waals surface area contributed by atoms with Gasteiger partial charge in [0, 0.05) is 18.7 Å². The van der Waals surface area contributed by atoms with Gasteiger partial charge in [0.1, 0.15) is 5.75 Å². The lowest BCUT2D eigenvalue weighted by Crippen LogP contribution is -2.28. The van der Waals surface area contributed by atoms with Crippen molar-refractivity contribution in [3.05, 3.63) is 29.8 Å². The van der Waals surface area contributed by atoms with Crippen LogP contribution in [0.4, 0.5) is 0 Å². The van der Waals surface area contributed by atoms with Crippen LogP contribution >= 0.6 is 0 Å². The summed E-state index contributed by atoms with van der Waals surface area (Å²) in [5, 5.41) is 12.3. The molecule has 0 radical (unpaired) electrons. The molecule has 1 N–H and O–H groups in total. The molecular formula is C15H22N2O. The number of hydrogen-bond donors (Lipinski definition) is 1. The second-order valence-corrected chi connectivity index (χ2v) is 5.37. The van der Waals surface area contributed by atoms with Crippen molar-refractivity contribution in [1.29, 1.82) is 5.26 Å². The fourth-order valence-electron chi connectivity index (χ4n) is 1.57. The number of hydrogen-bond acceptors (Lipinski definition) is 3. The summed E-state index contributed by atoms with van der Waals surface area (Å²) in [6, 6.07) is 10.3. The van der Waals surface area contributed by atoms with Crippen molar-refractivity contribution in [2.45, 2.75) is 40.3 Å². The van der Waals surface area contributed by atoms with Gasteiger partial charge in [-0.15, -0.1) is 0 Å². The average molecular weight is 246 g/mol. The van der Waals surface area contributed by atoms with Gasteiger partial charge < -0.3 is 10.1 Å². The summed E-state index contributed by atoms with van der Waals surface area (Å²) in [5.41, 5.74) is 0.786. The van der Waals surface area contributed by atoms with Crippen LogP contribution in [0, 0.1) is 16.7 Å². The zero-order chi connectivity index (χ0) is 13.6. The van der Waals surface area contributed by atoms with Gasteiger partial charge >= 0.3 is 0 Å². The SMILES string of the molecule is CC(C)Oc1ccccc1CNCC(C)(C)C#N. The van der Waals surface area contributed by atoms with Crippen LogP contribution in [0.15, 0.2) is 24.3 Å². The van der Waals surface area contributed by atoms with E-state index in [0.717, 1.165) is 11.3 Å². The predicted octanol–water partition coefficient (Wildman–Crippen LogP) is 3.11. The highest BCUT2D eigenvalue weighted by Gasteiger charge is 2.15. The van der Waals surface area contributed by atoms with Gasteiger partial charge in [0.05, 0.1) is 17.6 Å². The maximum absolute atomic E-state index is 8.95. The van der Waals surface area contributed by atoms with Gasteiger partial charge in [-0.25, -0.2) is 0 Å². The van der Waals surface area contributed by atoms with Crippen LogP contribution in [-0.2, 0) is 6.54 Å². The van der Waals surface area contributed by atoms with Gasteiger partial charge in [0.15, 0.2) is 0 Å². The van der Waals surface area contributed by atoms with Crippen molar-refractivity contribution in [3.8, 4) is 11.8 Å². The van der Waals surface area contributed by atoms with E-state index in [0.29, 0.717) is 13.1 Å². The molecule has 0 aliphatic rings. The molecule has 0 aromatic heterocycles. The van der Waals surface area contributed by atoms with Crippen LogP contribution in [0.2, 0.25) is 0 Å². The van der Waals surface area contributed by atoms with E-state index >= 15 is 0 Å². The van der Waals surface area contributed by atoms with Gasteiger partial charge in [-0.1, -0.05) is 18.2 Å². The minimum absolute atomic E-state index is 0.168. The topological polar surface area (TPSA) is 45.0 Å². The van der Waals surface area contributed by atoms with Crippen LogP contribution in [-0.4, -0.2) is 12.6 Å². The average Bonchev–Trinajstić information content (AvgIpc) is 2.30. The molecule has 0 saturated carbocycles. The van der Waals surface area contributed by atoms with Crippen LogP contribution in [0.25, 0.3) is 0 Å². The molecule has 18 heavy (non-hydrogen) atoms. The first-order valence-electron chi connectivity index (χ1n) is 6.31. The summed E-state index contributed by atoms with van der Waals surface area (Å²) in [7, 11) is 0. The Morgan fingerprint density at radius 2 is 2.00 bits per heavy atom. The number of nitriles is 1.